The Hall–Kier alpha value is -0.860. The first-order valence-corrected chi connectivity index (χ1v) is 5.99. The van der Waals surface area contributed by atoms with E-state index in [0.717, 1.165) is 38.1 Å². The summed E-state index contributed by atoms with van der Waals surface area (Å²) in [4.78, 5) is 23.7. The second-order valence-corrected chi connectivity index (χ2v) is 4.32. The molecule has 0 spiro atoms. The molecule has 1 heterocycles. The molecule has 0 radical (unpaired) electrons. The van der Waals surface area contributed by atoms with Gasteiger partial charge in [0.15, 0.2) is 0 Å². The van der Waals surface area contributed by atoms with Crippen molar-refractivity contribution < 1.29 is 9.59 Å². The molecule has 3 nitrogen and oxygen atoms in total. The van der Waals surface area contributed by atoms with Crippen LogP contribution in [-0.4, -0.2) is 30.2 Å². The SMILES string of the molecule is CCCC1CCN(C(=O)CCC=O)CC1. The summed E-state index contributed by atoms with van der Waals surface area (Å²) in [5.41, 5.74) is 0. The van der Waals surface area contributed by atoms with Crippen LogP contribution in [0.25, 0.3) is 0 Å². The third kappa shape index (κ3) is 4.02. The van der Waals surface area contributed by atoms with Gasteiger partial charge in [-0.1, -0.05) is 19.8 Å². The maximum Gasteiger partial charge on any atom is 0.222 e. The van der Waals surface area contributed by atoms with Crippen molar-refractivity contribution in [2.45, 2.75) is 45.4 Å². The molecule has 1 aliphatic rings. The predicted molar refractivity (Wildman–Crippen MR) is 59.5 cm³/mol. The highest BCUT2D eigenvalue weighted by Gasteiger charge is 2.21. The van der Waals surface area contributed by atoms with Crippen molar-refractivity contribution >= 4 is 12.2 Å². The zero-order chi connectivity index (χ0) is 11.1. The van der Waals surface area contributed by atoms with Gasteiger partial charge in [0.25, 0.3) is 0 Å². The van der Waals surface area contributed by atoms with Gasteiger partial charge in [-0.15, -0.1) is 0 Å². The predicted octanol–water partition coefficient (Wildman–Crippen LogP) is 2.00. The summed E-state index contributed by atoms with van der Waals surface area (Å²) >= 11 is 0. The highest BCUT2D eigenvalue weighted by molar-refractivity contribution is 5.78. The Balaban J connectivity index is 2.24. The second-order valence-electron chi connectivity index (χ2n) is 4.32. The Morgan fingerprint density at radius 2 is 2.07 bits per heavy atom. The Labute approximate surface area is 91.8 Å². The largest absolute Gasteiger partial charge is 0.343 e. The zero-order valence-electron chi connectivity index (χ0n) is 9.58. The fourth-order valence-corrected chi connectivity index (χ4v) is 2.22. The molecule has 1 saturated heterocycles. The van der Waals surface area contributed by atoms with E-state index in [-0.39, 0.29) is 5.91 Å². The van der Waals surface area contributed by atoms with Gasteiger partial charge in [0, 0.05) is 25.9 Å². The molecule has 0 aliphatic carbocycles. The van der Waals surface area contributed by atoms with Gasteiger partial charge in [0.2, 0.25) is 5.91 Å². The number of nitrogens with zero attached hydrogens (tertiary/aromatic N) is 1. The van der Waals surface area contributed by atoms with Gasteiger partial charge in [0.1, 0.15) is 6.29 Å². The normalized spacial score (nSPS) is 17.8. The average Bonchev–Trinajstić information content (AvgIpc) is 2.27. The van der Waals surface area contributed by atoms with Crippen LogP contribution in [0.1, 0.15) is 45.4 Å². The lowest BCUT2D eigenvalue weighted by Gasteiger charge is -2.31. The Kier molecular flexibility index (Phi) is 5.37. The Morgan fingerprint density at radius 3 is 2.60 bits per heavy atom. The number of rotatable bonds is 5. The number of carbonyl (C=O) groups excluding carboxylic acids is 2. The summed E-state index contributed by atoms with van der Waals surface area (Å²) in [6, 6.07) is 0. The van der Waals surface area contributed by atoms with Crippen LogP contribution in [0.2, 0.25) is 0 Å². The standard InChI is InChI=1S/C12H21NO2/c1-2-4-11-6-8-13(9-7-11)12(15)5-3-10-14/h10-11H,2-9H2,1H3. The summed E-state index contributed by atoms with van der Waals surface area (Å²) in [6.45, 7) is 3.99. The summed E-state index contributed by atoms with van der Waals surface area (Å²) in [6.07, 6.45) is 6.39. The molecule has 1 rings (SSSR count). The molecule has 86 valence electrons. The van der Waals surface area contributed by atoms with Gasteiger partial charge >= 0.3 is 0 Å². The summed E-state index contributed by atoms with van der Waals surface area (Å²) in [7, 11) is 0. The average molecular weight is 211 g/mol. The van der Waals surface area contributed by atoms with Crippen LogP contribution in [0.4, 0.5) is 0 Å². The van der Waals surface area contributed by atoms with Crippen LogP contribution < -0.4 is 0 Å². The molecule has 0 N–H and O–H groups in total. The van der Waals surface area contributed by atoms with E-state index in [4.69, 9.17) is 0 Å². The van der Waals surface area contributed by atoms with E-state index < -0.39 is 0 Å². The summed E-state index contributed by atoms with van der Waals surface area (Å²) < 4.78 is 0. The van der Waals surface area contributed by atoms with E-state index in [1.165, 1.54) is 12.8 Å². The van der Waals surface area contributed by atoms with Gasteiger partial charge in [-0.2, -0.15) is 0 Å². The van der Waals surface area contributed by atoms with E-state index in [0.29, 0.717) is 12.8 Å². The second kappa shape index (κ2) is 6.59. The minimum atomic E-state index is 0.150. The smallest absolute Gasteiger partial charge is 0.222 e. The van der Waals surface area contributed by atoms with Crippen LogP contribution in [0, 0.1) is 5.92 Å². The zero-order valence-corrected chi connectivity index (χ0v) is 9.58. The highest BCUT2D eigenvalue weighted by atomic mass is 16.2. The lowest BCUT2D eigenvalue weighted by Crippen LogP contribution is -2.38. The van der Waals surface area contributed by atoms with Crippen molar-refractivity contribution in [3.63, 3.8) is 0 Å². The molecule has 1 aliphatic heterocycles. The molecule has 0 aromatic rings. The number of amides is 1. The molecule has 15 heavy (non-hydrogen) atoms. The van der Waals surface area contributed by atoms with Crippen LogP contribution in [0.3, 0.4) is 0 Å². The van der Waals surface area contributed by atoms with Crippen molar-refractivity contribution in [3.8, 4) is 0 Å². The molecule has 0 saturated carbocycles. The van der Waals surface area contributed by atoms with Crippen LogP contribution in [0.15, 0.2) is 0 Å². The van der Waals surface area contributed by atoms with Gasteiger partial charge in [0.05, 0.1) is 0 Å². The first-order valence-electron chi connectivity index (χ1n) is 5.99. The van der Waals surface area contributed by atoms with Crippen molar-refractivity contribution in [3.05, 3.63) is 0 Å². The monoisotopic (exact) mass is 211 g/mol. The quantitative estimate of drug-likeness (QED) is 0.652. The van der Waals surface area contributed by atoms with E-state index in [9.17, 15) is 9.59 Å². The van der Waals surface area contributed by atoms with E-state index in [1.54, 1.807) is 0 Å². The molecule has 0 bridgehead atoms. The minimum Gasteiger partial charge on any atom is -0.343 e. The van der Waals surface area contributed by atoms with E-state index in [1.807, 2.05) is 4.90 Å². The maximum absolute atomic E-state index is 11.6. The molecular weight excluding hydrogens is 190 g/mol. The molecule has 0 aromatic heterocycles. The van der Waals surface area contributed by atoms with Gasteiger partial charge in [-0.05, 0) is 18.8 Å². The minimum absolute atomic E-state index is 0.150. The topological polar surface area (TPSA) is 37.4 Å². The molecule has 3 heteroatoms. The van der Waals surface area contributed by atoms with Crippen LogP contribution in [-0.2, 0) is 9.59 Å². The molecule has 0 atom stereocenters. The van der Waals surface area contributed by atoms with E-state index in [2.05, 4.69) is 6.92 Å². The molecule has 1 amide bonds. The Morgan fingerprint density at radius 1 is 1.40 bits per heavy atom. The fourth-order valence-electron chi connectivity index (χ4n) is 2.22. The number of aldehydes is 1. The van der Waals surface area contributed by atoms with Crippen molar-refractivity contribution in [2.24, 2.45) is 5.92 Å². The van der Waals surface area contributed by atoms with Crippen LogP contribution >= 0.6 is 0 Å². The van der Waals surface area contributed by atoms with Gasteiger partial charge < -0.3 is 9.69 Å². The molecule has 0 unspecified atom stereocenters. The number of carbonyl (C=O) groups is 2. The summed E-state index contributed by atoms with van der Waals surface area (Å²) in [5.74, 6) is 0.960. The van der Waals surface area contributed by atoms with Crippen molar-refractivity contribution in [2.75, 3.05) is 13.1 Å². The molecular formula is C12H21NO2. The molecule has 0 aromatic carbocycles. The van der Waals surface area contributed by atoms with Gasteiger partial charge in [-0.3, -0.25) is 4.79 Å². The molecule has 1 fully saturated rings. The first kappa shape index (κ1) is 12.2. The maximum atomic E-state index is 11.6. The Bertz CT molecular complexity index is 208. The number of likely N-dealkylation sites (tertiary alicyclic amines) is 1. The van der Waals surface area contributed by atoms with Crippen LogP contribution in [0.5, 0.6) is 0 Å². The van der Waals surface area contributed by atoms with E-state index >= 15 is 0 Å². The summed E-state index contributed by atoms with van der Waals surface area (Å²) in [5, 5.41) is 0. The third-order valence-corrected chi connectivity index (χ3v) is 3.14. The first-order chi connectivity index (χ1) is 7.27. The van der Waals surface area contributed by atoms with Gasteiger partial charge in [-0.25, -0.2) is 0 Å². The number of hydrogen-bond acceptors (Lipinski definition) is 2. The van der Waals surface area contributed by atoms with Crippen molar-refractivity contribution in [1.29, 1.82) is 0 Å². The number of hydrogen-bond donors (Lipinski definition) is 0. The highest BCUT2D eigenvalue weighted by Crippen LogP contribution is 2.22. The third-order valence-electron chi connectivity index (χ3n) is 3.14. The van der Waals surface area contributed by atoms with Crippen molar-refractivity contribution in [1.82, 2.24) is 4.90 Å². The number of piperidine rings is 1. The lowest BCUT2D eigenvalue weighted by molar-refractivity contribution is -0.133. The fraction of sp³-hybridized carbons (Fsp3) is 0.833. The lowest BCUT2D eigenvalue weighted by atomic mass is 9.92.